The molecule has 6 heteroatoms. The molecule has 0 fully saturated rings. The SMILES string of the molecule is N#[N+]N1C(=O)C(=O)c2ccc(Br)cc21. The Morgan fingerprint density at radius 2 is 2.07 bits per heavy atom. The lowest BCUT2D eigenvalue weighted by atomic mass is 10.1. The highest BCUT2D eigenvalue weighted by Gasteiger charge is 2.44. The van der Waals surface area contributed by atoms with Crippen molar-refractivity contribution in [1.29, 1.82) is 5.39 Å². The van der Waals surface area contributed by atoms with Crippen LogP contribution in [-0.2, 0) is 4.79 Å². The Morgan fingerprint density at radius 3 is 2.71 bits per heavy atom. The Bertz CT molecular complexity index is 492. The first-order valence-corrected chi connectivity index (χ1v) is 4.48. The van der Waals surface area contributed by atoms with Crippen molar-refractivity contribution >= 4 is 33.3 Å². The van der Waals surface area contributed by atoms with Crippen LogP contribution in [0.2, 0.25) is 0 Å². The minimum absolute atomic E-state index is 0.246. The second-order valence-corrected chi connectivity index (χ2v) is 3.61. The quantitative estimate of drug-likeness (QED) is 0.522. The van der Waals surface area contributed by atoms with E-state index in [-0.39, 0.29) is 11.3 Å². The number of carbonyl (C=O) groups excluding carboxylic acids is 2. The molecule has 14 heavy (non-hydrogen) atoms. The summed E-state index contributed by atoms with van der Waals surface area (Å²) in [6.07, 6.45) is 0. The molecule has 1 aromatic rings. The Kier molecular flexibility index (Phi) is 1.82. The smallest absolute Gasteiger partial charge is 0.283 e. The Labute approximate surface area is 87.0 Å². The molecule has 0 aromatic heterocycles. The monoisotopic (exact) mass is 252 g/mol. The van der Waals surface area contributed by atoms with Gasteiger partial charge in [0.2, 0.25) is 0 Å². The van der Waals surface area contributed by atoms with E-state index >= 15 is 0 Å². The molecule has 0 radical (unpaired) electrons. The maximum absolute atomic E-state index is 11.3. The maximum Gasteiger partial charge on any atom is 0.375 e. The molecule has 1 aliphatic heterocycles. The van der Waals surface area contributed by atoms with Gasteiger partial charge in [-0.05, 0) is 18.2 Å². The van der Waals surface area contributed by atoms with Gasteiger partial charge < -0.3 is 0 Å². The molecular formula is C8H3BrN3O2+. The second-order valence-electron chi connectivity index (χ2n) is 2.70. The zero-order valence-electron chi connectivity index (χ0n) is 6.77. The van der Waals surface area contributed by atoms with E-state index in [0.29, 0.717) is 9.48 Å². The number of hydrogen-bond acceptors (Lipinski definition) is 3. The second kappa shape index (κ2) is 2.89. The van der Waals surface area contributed by atoms with E-state index in [1.165, 1.54) is 12.1 Å². The molecule has 1 amide bonds. The van der Waals surface area contributed by atoms with Crippen LogP contribution >= 0.6 is 15.9 Å². The van der Waals surface area contributed by atoms with Crippen LogP contribution in [0.25, 0.3) is 5.08 Å². The van der Waals surface area contributed by atoms with Crippen molar-refractivity contribution in [2.45, 2.75) is 0 Å². The molecular weight excluding hydrogens is 250 g/mol. The third-order valence-corrected chi connectivity index (χ3v) is 2.40. The molecule has 0 bridgehead atoms. The molecule has 1 heterocycles. The summed E-state index contributed by atoms with van der Waals surface area (Å²) in [5, 5.41) is 12.0. The van der Waals surface area contributed by atoms with Crippen LogP contribution in [0.4, 0.5) is 5.69 Å². The van der Waals surface area contributed by atoms with Gasteiger partial charge in [0.1, 0.15) is 5.69 Å². The van der Waals surface area contributed by atoms with E-state index in [1.807, 2.05) is 0 Å². The maximum atomic E-state index is 11.3. The summed E-state index contributed by atoms with van der Waals surface area (Å²) in [5.74, 6) is -1.51. The normalized spacial score (nSPS) is 14.1. The molecule has 1 aromatic carbocycles. The van der Waals surface area contributed by atoms with Gasteiger partial charge in [0.25, 0.3) is 11.2 Å². The lowest BCUT2D eigenvalue weighted by Gasteiger charge is -1.94. The lowest BCUT2D eigenvalue weighted by molar-refractivity contribution is -0.113. The summed E-state index contributed by atoms with van der Waals surface area (Å²) in [6, 6.07) is 4.69. The third kappa shape index (κ3) is 1.03. The number of rotatable bonds is 0. The van der Waals surface area contributed by atoms with Crippen LogP contribution in [0.15, 0.2) is 22.7 Å². The summed E-state index contributed by atoms with van der Waals surface area (Å²) in [6.45, 7) is 0. The number of nitrogens with zero attached hydrogens (tertiary/aromatic N) is 3. The molecule has 2 rings (SSSR count). The third-order valence-electron chi connectivity index (χ3n) is 1.91. The average Bonchev–Trinajstić information content (AvgIpc) is 2.39. The lowest BCUT2D eigenvalue weighted by Crippen LogP contribution is -2.22. The number of amides is 1. The molecule has 0 saturated heterocycles. The van der Waals surface area contributed by atoms with Crippen molar-refractivity contribution < 1.29 is 9.59 Å². The van der Waals surface area contributed by atoms with Gasteiger partial charge in [-0.1, -0.05) is 15.9 Å². The number of diazo groups is 1. The molecule has 0 spiro atoms. The number of ketones is 1. The Morgan fingerprint density at radius 1 is 1.36 bits per heavy atom. The Hall–Kier alpha value is -1.74. The van der Waals surface area contributed by atoms with E-state index in [9.17, 15) is 9.59 Å². The van der Waals surface area contributed by atoms with Crippen LogP contribution in [0.3, 0.4) is 0 Å². The zero-order chi connectivity index (χ0) is 10.3. The van der Waals surface area contributed by atoms with Crippen LogP contribution in [0, 0.1) is 5.39 Å². The summed E-state index contributed by atoms with van der Waals surface area (Å²) < 4.78 is 0.701. The highest BCUT2D eigenvalue weighted by atomic mass is 79.9. The van der Waals surface area contributed by atoms with E-state index in [4.69, 9.17) is 5.39 Å². The van der Waals surface area contributed by atoms with Crippen molar-refractivity contribution in [2.75, 3.05) is 5.01 Å². The highest BCUT2D eigenvalue weighted by molar-refractivity contribution is 9.10. The minimum atomic E-state index is -0.847. The molecule has 0 saturated carbocycles. The van der Waals surface area contributed by atoms with Gasteiger partial charge in [0.15, 0.2) is 0 Å². The number of anilines is 1. The highest BCUT2D eigenvalue weighted by Crippen LogP contribution is 2.31. The first-order valence-electron chi connectivity index (χ1n) is 3.68. The molecule has 0 atom stereocenters. The van der Waals surface area contributed by atoms with Gasteiger partial charge in [0, 0.05) is 4.47 Å². The fourth-order valence-corrected chi connectivity index (χ4v) is 1.63. The number of Topliss-reactive ketones (excluding diaryl/α,β-unsaturated/α-hetero) is 1. The molecule has 68 valence electrons. The van der Waals surface area contributed by atoms with Crippen molar-refractivity contribution in [1.82, 2.24) is 0 Å². The standard InChI is InChI=1S/C8H3BrN3O2/c9-4-1-2-5-6(3-4)12(11-10)8(14)7(5)13/h1-3H/q+1. The minimum Gasteiger partial charge on any atom is -0.283 e. The summed E-state index contributed by atoms with van der Waals surface area (Å²) in [4.78, 5) is 22.5. The van der Waals surface area contributed by atoms with Crippen LogP contribution in [-0.4, -0.2) is 11.7 Å². The van der Waals surface area contributed by atoms with Crippen molar-refractivity contribution in [3.8, 4) is 0 Å². The van der Waals surface area contributed by atoms with Crippen molar-refractivity contribution in [3.63, 3.8) is 0 Å². The number of carbonyl (C=O) groups is 2. The van der Waals surface area contributed by atoms with Gasteiger partial charge in [-0.2, -0.15) is 0 Å². The van der Waals surface area contributed by atoms with E-state index < -0.39 is 11.7 Å². The number of benzene rings is 1. The van der Waals surface area contributed by atoms with Crippen LogP contribution < -0.4 is 5.01 Å². The van der Waals surface area contributed by atoms with E-state index in [1.54, 1.807) is 6.07 Å². The zero-order valence-corrected chi connectivity index (χ0v) is 8.35. The van der Waals surface area contributed by atoms with Gasteiger partial charge in [-0.15, -0.1) is 0 Å². The van der Waals surface area contributed by atoms with E-state index in [0.717, 1.165) is 0 Å². The summed E-state index contributed by atoms with van der Waals surface area (Å²) in [5.41, 5.74) is 0.535. The molecule has 0 unspecified atom stereocenters. The predicted octanol–water partition coefficient (Wildman–Crippen LogP) is 1.75. The average molecular weight is 253 g/mol. The topological polar surface area (TPSA) is 65.5 Å². The first-order chi connectivity index (χ1) is 6.65. The van der Waals surface area contributed by atoms with Crippen molar-refractivity contribution in [3.05, 3.63) is 33.3 Å². The summed E-state index contributed by atoms with van der Waals surface area (Å²) >= 11 is 3.19. The molecule has 1 aliphatic rings. The van der Waals surface area contributed by atoms with Crippen LogP contribution in [0.1, 0.15) is 10.4 Å². The van der Waals surface area contributed by atoms with Gasteiger partial charge in [-0.25, -0.2) is 0 Å². The number of fused-ring (bicyclic) bond motifs is 1. The van der Waals surface area contributed by atoms with E-state index in [2.05, 4.69) is 21.0 Å². The first kappa shape index (κ1) is 8.84. The predicted molar refractivity (Wildman–Crippen MR) is 51.0 cm³/mol. The molecule has 0 N–H and O–H groups in total. The Balaban J connectivity index is 2.69. The number of halogens is 1. The van der Waals surface area contributed by atoms with Gasteiger partial charge in [-0.3, -0.25) is 9.59 Å². The fourth-order valence-electron chi connectivity index (χ4n) is 1.28. The summed E-state index contributed by atoms with van der Waals surface area (Å²) in [7, 11) is 0. The van der Waals surface area contributed by atoms with Gasteiger partial charge >= 0.3 is 11.0 Å². The molecule has 5 nitrogen and oxygen atoms in total. The van der Waals surface area contributed by atoms with Gasteiger partial charge in [0.05, 0.1) is 10.6 Å². The molecule has 0 aliphatic carbocycles. The largest absolute Gasteiger partial charge is 0.375 e. The van der Waals surface area contributed by atoms with Crippen molar-refractivity contribution in [2.24, 2.45) is 0 Å². The number of hydrogen-bond donors (Lipinski definition) is 0. The van der Waals surface area contributed by atoms with Crippen LogP contribution in [0.5, 0.6) is 0 Å². The fraction of sp³-hybridized carbons (Fsp3) is 0.